The number of aryl methyl sites for hydroxylation is 1. The fourth-order valence-electron chi connectivity index (χ4n) is 2.07. The van der Waals surface area contributed by atoms with Crippen molar-refractivity contribution < 1.29 is 9.53 Å². The van der Waals surface area contributed by atoms with Crippen molar-refractivity contribution in [2.75, 3.05) is 11.9 Å². The van der Waals surface area contributed by atoms with Gasteiger partial charge in [-0.3, -0.25) is 4.79 Å². The monoisotopic (exact) mass is 317 g/mol. The van der Waals surface area contributed by atoms with Gasteiger partial charge in [-0.1, -0.05) is 37.6 Å². The van der Waals surface area contributed by atoms with Gasteiger partial charge < -0.3 is 10.1 Å². The Kier molecular flexibility index (Phi) is 5.45. The maximum atomic E-state index is 11.9. The molecule has 1 amide bonds. The predicted octanol–water partition coefficient (Wildman–Crippen LogP) is 4.79. The van der Waals surface area contributed by atoms with Gasteiger partial charge in [0.25, 0.3) is 5.91 Å². The molecule has 3 nitrogen and oxygen atoms in total. The van der Waals surface area contributed by atoms with E-state index in [2.05, 4.69) is 19.2 Å². The van der Waals surface area contributed by atoms with Crippen molar-refractivity contribution in [3.05, 3.63) is 58.6 Å². The molecule has 0 fully saturated rings. The van der Waals surface area contributed by atoms with E-state index in [0.717, 1.165) is 11.3 Å². The molecule has 2 rings (SSSR count). The Morgan fingerprint density at radius 3 is 2.45 bits per heavy atom. The average Bonchev–Trinajstić information content (AvgIpc) is 2.47. The lowest BCUT2D eigenvalue weighted by molar-refractivity contribution is -0.118. The number of benzene rings is 2. The van der Waals surface area contributed by atoms with E-state index in [1.807, 2.05) is 31.2 Å². The molecule has 0 aliphatic heterocycles. The molecule has 0 saturated carbocycles. The van der Waals surface area contributed by atoms with Gasteiger partial charge in [0.1, 0.15) is 5.75 Å². The van der Waals surface area contributed by atoms with Gasteiger partial charge in [-0.25, -0.2) is 0 Å². The summed E-state index contributed by atoms with van der Waals surface area (Å²) in [4.78, 5) is 11.9. The molecule has 2 aromatic rings. The minimum atomic E-state index is -0.188. The minimum Gasteiger partial charge on any atom is -0.483 e. The number of rotatable bonds is 5. The summed E-state index contributed by atoms with van der Waals surface area (Å²) in [7, 11) is 0. The zero-order valence-corrected chi connectivity index (χ0v) is 13.8. The highest BCUT2D eigenvalue weighted by molar-refractivity contribution is 6.30. The van der Waals surface area contributed by atoms with Gasteiger partial charge >= 0.3 is 0 Å². The lowest BCUT2D eigenvalue weighted by Crippen LogP contribution is -2.20. The Balaban J connectivity index is 1.90. The summed E-state index contributed by atoms with van der Waals surface area (Å²) in [5.74, 6) is 0.947. The first-order valence-corrected chi connectivity index (χ1v) is 7.62. The second-order valence-corrected chi connectivity index (χ2v) is 5.96. The summed E-state index contributed by atoms with van der Waals surface area (Å²) >= 11 is 5.89. The van der Waals surface area contributed by atoms with Crippen LogP contribution >= 0.6 is 11.6 Å². The molecule has 0 aromatic heterocycles. The molecule has 116 valence electrons. The molecular weight excluding hydrogens is 298 g/mol. The lowest BCUT2D eigenvalue weighted by Gasteiger charge is -2.11. The number of anilines is 1. The summed E-state index contributed by atoms with van der Waals surface area (Å²) < 4.78 is 5.52. The highest BCUT2D eigenvalue weighted by atomic mass is 35.5. The van der Waals surface area contributed by atoms with Crippen LogP contribution in [0.4, 0.5) is 5.69 Å². The number of ether oxygens (including phenoxy) is 1. The van der Waals surface area contributed by atoms with Crippen molar-refractivity contribution in [2.45, 2.75) is 26.7 Å². The lowest BCUT2D eigenvalue weighted by atomic mass is 10.0. The zero-order chi connectivity index (χ0) is 16.1. The van der Waals surface area contributed by atoms with Crippen LogP contribution in [0.3, 0.4) is 0 Å². The Hall–Kier alpha value is -2.00. The first kappa shape index (κ1) is 16.4. The van der Waals surface area contributed by atoms with Crippen molar-refractivity contribution in [3.63, 3.8) is 0 Å². The van der Waals surface area contributed by atoms with Crippen LogP contribution < -0.4 is 10.1 Å². The van der Waals surface area contributed by atoms with Crippen LogP contribution in [0.25, 0.3) is 0 Å². The average molecular weight is 318 g/mol. The number of hydrogen-bond donors (Lipinski definition) is 1. The fraction of sp³-hybridized carbons (Fsp3) is 0.278. The van der Waals surface area contributed by atoms with Crippen LogP contribution in [0, 0.1) is 6.92 Å². The number of nitrogens with one attached hydrogen (secondary N) is 1. The molecule has 2 aromatic carbocycles. The highest BCUT2D eigenvalue weighted by Gasteiger charge is 2.06. The Bertz CT molecular complexity index is 651. The van der Waals surface area contributed by atoms with Crippen LogP contribution in [0.2, 0.25) is 5.02 Å². The van der Waals surface area contributed by atoms with Gasteiger partial charge in [0.05, 0.1) is 0 Å². The molecule has 0 aliphatic rings. The number of carbonyl (C=O) groups is 1. The molecule has 0 spiro atoms. The van der Waals surface area contributed by atoms with E-state index in [9.17, 15) is 4.79 Å². The molecular formula is C18H20ClNO2. The molecule has 0 bridgehead atoms. The molecule has 4 heteroatoms. The van der Waals surface area contributed by atoms with E-state index < -0.39 is 0 Å². The molecule has 22 heavy (non-hydrogen) atoms. The van der Waals surface area contributed by atoms with Gasteiger partial charge in [-0.2, -0.15) is 0 Å². The molecule has 1 N–H and O–H groups in total. The third kappa shape index (κ3) is 4.50. The normalized spacial score (nSPS) is 10.6. The standard InChI is InChI=1S/C18H20ClNO2/c1-12(2)14-4-7-16(8-5-14)20-18(21)11-22-17-9-6-15(19)10-13(17)3/h4-10,12H,11H2,1-3H3,(H,20,21). The van der Waals surface area contributed by atoms with E-state index in [1.54, 1.807) is 18.2 Å². The quantitative estimate of drug-likeness (QED) is 0.861. The third-order valence-corrected chi connectivity index (χ3v) is 3.59. The minimum absolute atomic E-state index is 0.0333. The fourth-order valence-corrected chi connectivity index (χ4v) is 2.29. The Morgan fingerprint density at radius 1 is 1.18 bits per heavy atom. The summed E-state index contributed by atoms with van der Waals surface area (Å²) in [6.45, 7) is 6.13. The van der Waals surface area contributed by atoms with Gasteiger partial charge in [-0.05, 0) is 54.3 Å². The predicted molar refractivity (Wildman–Crippen MR) is 90.8 cm³/mol. The zero-order valence-electron chi connectivity index (χ0n) is 13.0. The van der Waals surface area contributed by atoms with Crippen LogP contribution in [-0.2, 0) is 4.79 Å². The second-order valence-electron chi connectivity index (χ2n) is 5.52. The van der Waals surface area contributed by atoms with Gasteiger partial charge in [-0.15, -0.1) is 0 Å². The van der Waals surface area contributed by atoms with E-state index >= 15 is 0 Å². The number of halogens is 1. The molecule has 0 aliphatic carbocycles. The SMILES string of the molecule is Cc1cc(Cl)ccc1OCC(=O)Nc1ccc(C(C)C)cc1. The molecule has 0 radical (unpaired) electrons. The van der Waals surface area contributed by atoms with Crippen molar-refractivity contribution in [3.8, 4) is 5.75 Å². The molecule has 0 unspecified atom stereocenters. The number of amides is 1. The molecule has 0 atom stereocenters. The second kappa shape index (κ2) is 7.32. The summed E-state index contributed by atoms with van der Waals surface area (Å²) in [6, 6.07) is 13.2. The third-order valence-electron chi connectivity index (χ3n) is 3.36. The van der Waals surface area contributed by atoms with Crippen LogP contribution in [-0.4, -0.2) is 12.5 Å². The van der Waals surface area contributed by atoms with E-state index in [4.69, 9.17) is 16.3 Å². The van der Waals surface area contributed by atoms with Crippen LogP contribution in [0.1, 0.15) is 30.9 Å². The largest absolute Gasteiger partial charge is 0.483 e. The maximum absolute atomic E-state index is 11.9. The summed E-state index contributed by atoms with van der Waals surface area (Å²) in [5.41, 5.74) is 2.92. The van der Waals surface area contributed by atoms with Crippen LogP contribution in [0.15, 0.2) is 42.5 Å². The van der Waals surface area contributed by atoms with Crippen molar-refractivity contribution in [2.24, 2.45) is 0 Å². The van der Waals surface area contributed by atoms with E-state index in [-0.39, 0.29) is 12.5 Å². The first-order chi connectivity index (χ1) is 10.5. The van der Waals surface area contributed by atoms with E-state index in [1.165, 1.54) is 5.56 Å². The van der Waals surface area contributed by atoms with E-state index in [0.29, 0.717) is 16.7 Å². The van der Waals surface area contributed by atoms with Crippen LogP contribution in [0.5, 0.6) is 5.75 Å². The first-order valence-electron chi connectivity index (χ1n) is 7.24. The topological polar surface area (TPSA) is 38.3 Å². The summed E-state index contributed by atoms with van der Waals surface area (Å²) in [6.07, 6.45) is 0. The maximum Gasteiger partial charge on any atom is 0.262 e. The molecule has 0 saturated heterocycles. The summed E-state index contributed by atoms with van der Waals surface area (Å²) in [5, 5.41) is 3.47. The Morgan fingerprint density at radius 2 is 1.86 bits per heavy atom. The number of hydrogen-bond acceptors (Lipinski definition) is 2. The molecule has 0 heterocycles. The van der Waals surface area contributed by atoms with Gasteiger partial charge in [0, 0.05) is 10.7 Å². The highest BCUT2D eigenvalue weighted by Crippen LogP contribution is 2.22. The Labute approximate surface area is 136 Å². The van der Waals surface area contributed by atoms with Gasteiger partial charge in [0.15, 0.2) is 6.61 Å². The smallest absolute Gasteiger partial charge is 0.262 e. The van der Waals surface area contributed by atoms with Gasteiger partial charge in [0.2, 0.25) is 0 Å². The number of carbonyl (C=O) groups excluding carboxylic acids is 1. The van der Waals surface area contributed by atoms with Crippen molar-refractivity contribution in [1.29, 1.82) is 0 Å². The van der Waals surface area contributed by atoms with Crippen molar-refractivity contribution in [1.82, 2.24) is 0 Å². The van der Waals surface area contributed by atoms with Crippen molar-refractivity contribution >= 4 is 23.2 Å².